The summed E-state index contributed by atoms with van der Waals surface area (Å²) in [5.41, 5.74) is 0. The van der Waals surface area contributed by atoms with Gasteiger partial charge in [-0.25, -0.2) is 0 Å². The van der Waals surface area contributed by atoms with Crippen LogP contribution in [0.15, 0.2) is 0 Å². The van der Waals surface area contributed by atoms with Crippen LogP contribution >= 0.6 is 0 Å². The van der Waals surface area contributed by atoms with E-state index < -0.39 is 0 Å². The minimum Gasteiger partial charge on any atom is -0.353 e. The molecule has 4 unspecified atom stereocenters. The molecule has 1 aliphatic carbocycles. The van der Waals surface area contributed by atoms with Crippen LogP contribution in [0.3, 0.4) is 0 Å². The van der Waals surface area contributed by atoms with Gasteiger partial charge in [-0.2, -0.15) is 0 Å². The summed E-state index contributed by atoms with van der Waals surface area (Å²) in [5, 5.41) is 6.83. The van der Waals surface area contributed by atoms with Crippen molar-refractivity contribution in [3.63, 3.8) is 0 Å². The van der Waals surface area contributed by atoms with E-state index in [1.54, 1.807) is 0 Å². The van der Waals surface area contributed by atoms with E-state index in [-0.39, 0.29) is 29.9 Å². The van der Waals surface area contributed by atoms with Gasteiger partial charge in [-0.3, -0.25) is 24.3 Å². The van der Waals surface area contributed by atoms with Crippen LogP contribution in [0.4, 0.5) is 0 Å². The van der Waals surface area contributed by atoms with Gasteiger partial charge < -0.3 is 15.5 Å². The smallest absolute Gasteiger partial charge is 0.239 e. The van der Waals surface area contributed by atoms with Gasteiger partial charge in [-0.1, -0.05) is 0 Å². The number of likely N-dealkylation sites (tertiary alicyclic amines) is 1. The number of piperidine rings is 1. The number of rotatable bonds is 6. The number of amides is 2. The molecule has 5 rings (SSSR count). The minimum absolute atomic E-state index is 0.0113. The van der Waals surface area contributed by atoms with Crippen LogP contribution in [0.5, 0.6) is 0 Å². The van der Waals surface area contributed by atoms with Gasteiger partial charge in [0.05, 0.1) is 6.17 Å². The van der Waals surface area contributed by atoms with E-state index in [9.17, 15) is 9.59 Å². The van der Waals surface area contributed by atoms with Crippen molar-refractivity contribution in [2.75, 3.05) is 59.4 Å². The van der Waals surface area contributed by atoms with Gasteiger partial charge in [-0.05, 0) is 64.5 Å². The summed E-state index contributed by atoms with van der Waals surface area (Å²) in [6, 6.07) is 0.511. The predicted molar refractivity (Wildman–Crippen MR) is 124 cm³/mol. The maximum atomic E-state index is 13.0. The number of carbonyl (C=O) groups is 2. The summed E-state index contributed by atoms with van der Waals surface area (Å²) in [6.07, 6.45) is 9.43. The molecule has 4 atom stereocenters. The molecule has 4 aliphatic heterocycles. The van der Waals surface area contributed by atoms with Crippen LogP contribution in [-0.4, -0.2) is 115 Å². The Kier molecular flexibility index (Phi) is 7.02. The third-order valence-electron chi connectivity index (χ3n) is 8.62. The maximum Gasteiger partial charge on any atom is 0.239 e. The van der Waals surface area contributed by atoms with Gasteiger partial charge in [0.15, 0.2) is 0 Å². The van der Waals surface area contributed by atoms with Crippen molar-refractivity contribution in [3.8, 4) is 0 Å². The normalized spacial score (nSPS) is 35.4. The fraction of sp³-hybridized carbons (Fsp3) is 0.917. The molecule has 5 fully saturated rings. The molecule has 1 saturated carbocycles. The predicted octanol–water partition coefficient (Wildman–Crippen LogP) is 0.294. The number of piperazine rings is 1. The number of nitrogens with one attached hydrogen (secondary N) is 2. The molecule has 4 heterocycles. The van der Waals surface area contributed by atoms with Crippen molar-refractivity contribution in [1.82, 2.24) is 30.2 Å². The molecule has 0 spiro atoms. The third kappa shape index (κ3) is 4.98. The van der Waals surface area contributed by atoms with Gasteiger partial charge in [0, 0.05) is 64.3 Å². The number of hydrogen-bond donors (Lipinski definition) is 2. The molecule has 180 valence electrons. The van der Waals surface area contributed by atoms with Crippen LogP contribution in [0.2, 0.25) is 0 Å². The fourth-order valence-corrected chi connectivity index (χ4v) is 6.36. The molecule has 2 N–H and O–H groups in total. The van der Waals surface area contributed by atoms with E-state index in [1.165, 1.54) is 32.1 Å². The Hall–Kier alpha value is -1.22. The van der Waals surface area contributed by atoms with E-state index in [0.29, 0.717) is 19.1 Å². The lowest BCUT2D eigenvalue weighted by Crippen LogP contribution is -2.56. The van der Waals surface area contributed by atoms with Crippen molar-refractivity contribution in [2.45, 2.75) is 75.7 Å². The van der Waals surface area contributed by atoms with Crippen LogP contribution in [-0.2, 0) is 9.59 Å². The number of carbonyl (C=O) groups excluding carboxylic acids is 2. The molecule has 2 amide bonds. The first-order valence-corrected chi connectivity index (χ1v) is 13.1. The van der Waals surface area contributed by atoms with Gasteiger partial charge in [-0.15, -0.1) is 0 Å². The molecule has 5 aliphatic rings. The van der Waals surface area contributed by atoms with Gasteiger partial charge >= 0.3 is 0 Å². The highest BCUT2D eigenvalue weighted by Crippen LogP contribution is 2.34. The van der Waals surface area contributed by atoms with Crippen LogP contribution < -0.4 is 10.6 Å². The lowest BCUT2D eigenvalue weighted by atomic mass is 10.0. The molecular formula is C24H42N6O2. The first-order chi connectivity index (χ1) is 15.6. The largest absolute Gasteiger partial charge is 0.353 e. The summed E-state index contributed by atoms with van der Waals surface area (Å²) in [5.74, 6) is 1.28. The number of nitrogens with zero attached hydrogens (tertiary/aromatic N) is 4. The van der Waals surface area contributed by atoms with Crippen molar-refractivity contribution < 1.29 is 9.59 Å². The van der Waals surface area contributed by atoms with Crippen LogP contribution in [0, 0.1) is 5.92 Å². The standard InChI is InChI=1S/C24H42N6O2/c1-27-19(16-26-24(32)23-20(27)9-11-30(23)17-18-5-6-18)7-8-22(31)29-14-12-28(13-15-29)21-4-2-3-10-25-21/h18-21,23,25H,2-17H2,1H3,(H,26,32). The SMILES string of the molecule is CN1C(CCC(=O)N2CCN(C3CCCCN3)CC2)CNC(=O)C2C1CCN2CC1CC1. The van der Waals surface area contributed by atoms with E-state index in [0.717, 1.165) is 64.6 Å². The summed E-state index contributed by atoms with van der Waals surface area (Å²) in [7, 11) is 2.17. The van der Waals surface area contributed by atoms with Crippen molar-refractivity contribution >= 4 is 11.8 Å². The molecule has 32 heavy (non-hydrogen) atoms. The zero-order valence-corrected chi connectivity index (χ0v) is 19.8. The molecule has 0 aromatic carbocycles. The summed E-state index contributed by atoms with van der Waals surface area (Å²) >= 11 is 0. The minimum atomic E-state index is -0.0113. The number of hydrogen-bond acceptors (Lipinski definition) is 6. The third-order valence-corrected chi connectivity index (χ3v) is 8.62. The first kappa shape index (κ1) is 22.6. The lowest BCUT2D eigenvalue weighted by molar-refractivity contribution is -0.134. The van der Waals surface area contributed by atoms with E-state index >= 15 is 0 Å². The van der Waals surface area contributed by atoms with Crippen LogP contribution in [0.1, 0.15) is 51.4 Å². The van der Waals surface area contributed by atoms with E-state index in [4.69, 9.17) is 0 Å². The highest BCUT2D eigenvalue weighted by molar-refractivity contribution is 5.83. The highest BCUT2D eigenvalue weighted by Gasteiger charge is 2.46. The Morgan fingerprint density at radius 3 is 2.56 bits per heavy atom. The van der Waals surface area contributed by atoms with Gasteiger partial charge in [0.1, 0.15) is 6.04 Å². The second-order valence-corrected chi connectivity index (χ2v) is 10.7. The molecule has 4 saturated heterocycles. The molecular weight excluding hydrogens is 404 g/mol. The molecule has 8 heteroatoms. The molecule has 0 aromatic rings. The Morgan fingerprint density at radius 1 is 1.03 bits per heavy atom. The molecule has 0 radical (unpaired) electrons. The summed E-state index contributed by atoms with van der Waals surface area (Å²) in [6.45, 7) is 7.52. The van der Waals surface area contributed by atoms with Crippen LogP contribution in [0.25, 0.3) is 0 Å². The molecule has 0 aromatic heterocycles. The zero-order chi connectivity index (χ0) is 22.1. The highest BCUT2D eigenvalue weighted by atomic mass is 16.2. The first-order valence-electron chi connectivity index (χ1n) is 13.1. The average Bonchev–Trinajstić information content (AvgIpc) is 3.56. The second kappa shape index (κ2) is 9.95. The summed E-state index contributed by atoms with van der Waals surface area (Å²) < 4.78 is 0. The maximum absolute atomic E-state index is 13.0. The van der Waals surface area contributed by atoms with Gasteiger partial charge in [0.25, 0.3) is 0 Å². The number of fused-ring (bicyclic) bond motifs is 1. The monoisotopic (exact) mass is 446 g/mol. The molecule has 8 nitrogen and oxygen atoms in total. The molecule has 0 bridgehead atoms. The Labute approximate surface area is 193 Å². The average molecular weight is 447 g/mol. The van der Waals surface area contributed by atoms with Crippen molar-refractivity contribution in [2.24, 2.45) is 5.92 Å². The van der Waals surface area contributed by atoms with Crippen molar-refractivity contribution in [1.29, 1.82) is 0 Å². The zero-order valence-electron chi connectivity index (χ0n) is 19.8. The van der Waals surface area contributed by atoms with E-state index in [2.05, 4.69) is 37.3 Å². The number of likely N-dealkylation sites (N-methyl/N-ethyl adjacent to an activating group) is 1. The van der Waals surface area contributed by atoms with Gasteiger partial charge in [0.2, 0.25) is 11.8 Å². The van der Waals surface area contributed by atoms with Crippen molar-refractivity contribution in [3.05, 3.63) is 0 Å². The Bertz CT molecular complexity index is 671. The fourth-order valence-electron chi connectivity index (χ4n) is 6.36. The lowest BCUT2D eigenvalue weighted by Gasteiger charge is -2.41. The topological polar surface area (TPSA) is 71.2 Å². The quantitative estimate of drug-likeness (QED) is 0.611. The Balaban J connectivity index is 1.10. The summed E-state index contributed by atoms with van der Waals surface area (Å²) in [4.78, 5) is 35.3. The van der Waals surface area contributed by atoms with E-state index in [1.807, 2.05) is 0 Å². The second-order valence-electron chi connectivity index (χ2n) is 10.7. The Morgan fingerprint density at radius 2 is 1.84 bits per heavy atom.